The van der Waals surface area contributed by atoms with Gasteiger partial charge in [-0.25, -0.2) is 0 Å². The summed E-state index contributed by atoms with van der Waals surface area (Å²) in [6.07, 6.45) is 12.8. The molecule has 0 fully saturated rings. The van der Waals surface area contributed by atoms with Gasteiger partial charge in [0.05, 0.1) is 21.3 Å². The molecule has 0 aliphatic heterocycles. The number of ether oxygens (including phenoxy) is 3. The first-order valence-corrected chi connectivity index (χ1v) is 8.75. The van der Waals surface area contributed by atoms with Crippen molar-refractivity contribution >= 4 is 11.9 Å². The van der Waals surface area contributed by atoms with E-state index in [4.69, 9.17) is 14.2 Å². The minimum atomic E-state index is 0.210. The summed E-state index contributed by atoms with van der Waals surface area (Å²) < 4.78 is 16.1. The number of nitrogens with one attached hydrogen (secondary N) is 1. The first-order valence-electron chi connectivity index (χ1n) is 8.75. The van der Waals surface area contributed by atoms with Crippen molar-refractivity contribution in [3.8, 4) is 17.2 Å². The van der Waals surface area contributed by atoms with E-state index in [-0.39, 0.29) is 5.78 Å². The van der Waals surface area contributed by atoms with Gasteiger partial charge in [-0.05, 0) is 48.9 Å². The number of hydrogen-bond acceptors (Lipinski definition) is 5. The number of carbonyl (C=O) groups excluding carboxylic acids is 1. The lowest BCUT2D eigenvalue weighted by Gasteiger charge is -2.12. The number of rotatable bonds is 12. The van der Waals surface area contributed by atoms with Crippen molar-refractivity contribution in [2.45, 2.75) is 19.8 Å². The molecule has 0 aliphatic carbocycles. The van der Waals surface area contributed by atoms with Gasteiger partial charge in [-0.3, -0.25) is 0 Å². The molecule has 5 heteroatoms. The van der Waals surface area contributed by atoms with Gasteiger partial charge < -0.3 is 24.3 Å². The van der Waals surface area contributed by atoms with Gasteiger partial charge in [0.1, 0.15) is 5.78 Å². The Morgan fingerprint density at radius 3 is 2.30 bits per heavy atom. The SMILES string of the molecule is C=C/C=C(\C=C/NCCCC(C)=O)/C=C/c1cc(OC)c(OC)c(OC)c1. The Kier molecular flexibility index (Phi) is 10.2. The fraction of sp³-hybridized carbons (Fsp3) is 0.318. The zero-order valence-electron chi connectivity index (χ0n) is 16.6. The number of hydrogen-bond donors (Lipinski definition) is 1. The van der Waals surface area contributed by atoms with Crippen LogP contribution in [-0.2, 0) is 4.79 Å². The van der Waals surface area contributed by atoms with Crippen LogP contribution < -0.4 is 19.5 Å². The third-order valence-corrected chi connectivity index (χ3v) is 3.71. The van der Waals surface area contributed by atoms with E-state index >= 15 is 0 Å². The van der Waals surface area contributed by atoms with Crippen molar-refractivity contribution in [2.75, 3.05) is 27.9 Å². The van der Waals surface area contributed by atoms with Crippen molar-refractivity contribution in [2.24, 2.45) is 0 Å². The maximum absolute atomic E-state index is 10.9. The Hall–Kier alpha value is -2.95. The fourth-order valence-corrected chi connectivity index (χ4v) is 2.37. The van der Waals surface area contributed by atoms with Crippen LogP contribution in [0, 0.1) is 0 Å². The molecule has 5 nitrogen and oxygen atoms in total. The average Bonchev–Trinajstić information content (AvgIpc) is 2.67. The van der Waals surface area contributed by atoms with Crippen molar-refractivity contribution in [1.82, 2.24) is 5.32 Å². The first-order chi connectivity index (χ1) is 13.0. The highest BCUT2D eigenvalue weighted by Gasteiger charge is 2.11. The summed E-state index contributed by atoms with van der Waals surface area (Å²) in [6, 6.07) is 3.76. The van der Waals surface area contributed by atoms with Gasteiger partial charge in [0.2, 0.25) is 5.75 Å². The van der Waals surface area contributed by atoms with Crippen molar-refractivity contribution in [3.05, 3.63) is 60.4 Å². The molecule has 0 amide bonds. The van der Waals surface area contributed by atoms with Gasteiger partial charge in [0, 0.05) is 13.0 Å². The van der Waals surface area contributed by atoms with Crippen LogP contribution in [0.4, 0.5) is 0 Å². The van der Waals surface area contributed by atoms with E-state index in [0.29, 0.717) is 23.7 Å². The van der Waals surface area contributed by atoms with E-state index in [1.807, 2.05) is 42.6 Å². The number of benzene rings is 1. The van der Waals surface area contributed by atoms with Crippen LogP contribution in [0.15, 0.2) is 54.8 Å². The van der Waals surface area contributed by atoms with E-state index in [0.717, 1.165) is 24.1 Å². The molecule has 0 atom stereocenters. The van der Waals surface area contributed by atoms with Gasteiger partial charge in [0.15, 0.2) is 11.5 Å². The Morgan fingerprint density at radius 1 is 1.11 bits per heavy atom. The minimum absolute atomic E-state index is 0.210. The van der Waals surface area contributed by atoms with Crippen molar-refractivity contribution in [3.63, 3.8) is 0 Å². The van der Waals surface area contributed by atoms with Crippen LogP contribution >= 0.6 is 0 Å². The van der Waals surface area contributed by atoms with Crippen LogP contribution in [0.25, 0.3) is 6.08 Å². The molecule has 0 radical (unpaired) electrons. The largest absolute Gasteiger partial charge is 0.493 e. The summed E-state index contributed by atoms with van der Waals surface area (Å²) >= 11 is 0. The first kappa shape index (κ1) is 22.1. The predicted octanol–water partition coefficient (Wildman–Crippen LogP) is 4.31. The molecule has 0 aromatic heterocycles. The molecule has 1 aromatic carbocycles. The van der Waals surface area contributed by atoms with Crippen LogP contribution in [0.3, 0.4) is 0 Å². The molecule has 0 unspecified atom stereocenters. The summed E-state index contributed by atoms with van der Waals surface area (Å²) in [4.78, 5) is 10.9. The smallest absolute Gasteiger partial charge is 0.203 e. The topological polar surface area (TPSA) is 56.8 Å². The quantitative estimate of drug-likeness (QED) is 0.438. The zero-order chi connectivity index (χ0) is 20.1. The lowest BCUT2D eigenvalue weighted by atomic mass is 10.1. The van der Waals surface area contributed by atoms with E-state index in [9.17, 15) is 4.79 Å². The van der Waals surface area contributed by atoms with Crippen LogP contribution in [0.1, 0.15) is 25.3 Å². The molecule has 27 heavy (non-hydrogen) atoms. The summed E-state index contributed by atoms with van der Waals surface area (Å²) in [7, 11) is 4.76. The normalized spacial score (nSPS) is 11.6. The average molecular weight is 371 g/mol. The lowest BCUT2D eigenvalue weighted by molar-refractivity contribution is -0.117. The maximum Gasteiger partial charge on any atom is 0.203 e. The van der Waals surface area contributed by atoms with Gasteiger partial charge >= 0.3 is 0 Å². The molecule has 0 heterocycles. The number of ketones is 1. The number of allylic oxidation sites excluding steroid dienone is 5. The molecule has 1 N–H and O–H groups in total. The molecule has 1 aromatic rings. The second-order valence-corrected chi connectivity index (χ2v) is 5.79. The second kappa shape index (κ2) is 12.4. The highest BCUT2D eigenvalue weighted by Crippen LogP contribution is 2.38. The van der Waals surface area contributed by atoms with E-state index < -0.39 is 0 Å². The van der Waals surface area contributed by atoms with Gasteiger partial charge in [0.25, 0.3) is 0 Å². The molecular weight excluding hydrogens is 342 g/mol. The van der Waals surface area contributed by atoms with Crippen LogP contribution in [0.5, 0.6) is 17.2 Å². The predicted molar refractivity (Wildman–Crippen MR) is 110 cm³/mol. The molecule has 0 bridgehead atoms. The molecule has 1 rings (SSSR count). The van der Waals surface area contributed by atoms with Crippen LogP contribution in [0.2, 0.25) is 0 Å². The van der Waals surface area contributed by atoms with E-state index in [1.54, 1.807) is 34.3 Å². The Bertz CT molecular complexity index is 692. The summed E-state index contributed by atoms with van der Waals surface area (Å²) in [5, 5.41) is 3.18. The Labute approximate surface area is 162 Å². The Balaban J connectivity index is 2.85. The Morgan fingerprint density at radius 2 is 1.78 bits per heavy atom. The second-order valence-electron chi connectivity index (χ2n) is 5.79. The van der Waals surface area contributed by atoms with Crippen LogP contribution in [-0.4, -0.2) is 33.7 Å². The minimum Gasteiger partial charge on any atom is -0.493 e. The number of carbonyl (C=O) groups is 1. The molecule has 0 saturated heterocycles. The molecule has 0 aliphatic rings. The number of Topliss-reactive ketones (excluding diaryl/α,β-unsaturated/α-hetero) is 1. The molecule has 146 valence electrons. The van der Waals surface area contributed by atoms with E-state index in [1.165, 1.54) is 0 Å². The standard InChI is InChI=1S/C22H29NO4/c1-6-8-18(12-14-23-13-7-9-17(2)24)10-11-19-15-20(25-3)22(27-5)21(16-19)26-4/h6,8,10-12,14-16,23H,1,7,9,13H2,2-5H3/b11-10+,14-12-,18-8-. The lowest BCUT2D eigenvalue weighted by Crippen LogP contribution is -2.08. The monoisotopic (exact) mass is 371 g/mol. The number of methoxy groups -OCH3 is 3. The van der Waals surface area contributed by atoms with Crippen molar-refractivity contribution < 1.29 is 19.0 Å². The fourth-order valence-electron chi connectivity index (χ4n) is 2.37. The van der Waals surface area contributed by atoms with Crippen molar-refractivity contribution in [1.29, 1.82) is 0 Å². The van der Waals surface area contributed by atoms with Gasteiger partial charge in [-0.15, -0.1) is 0 Å². The highest BCUT2D eigenvalue weighted by atomic mass is 16.5. The maximum atomic E-state index is 10.9. The third-order valence-electron chi connectivity index (χ3n) is 3.71. The van der Waals surface area contributed by atoms with Gasteiger partial charge in [-0.2, -0.15) is 0 Å². The van der Waals surface area contributed by atoms with E-state index in [2.05, 4.69) is 11.9 Å². The van der Waals surface area contributed by atoms with Gasteiger partial charge in [-0.1, -0.05) is 30.9 Å². The summed E-state index contributed by atoms with van der Waals surface area (Å²) in [5.74, 6) is 1.98. The summed E-state index contributed by atoms with van der Waals surface area (Å²) in [5.41, 5.74) is 1.89. The molecule has 0 saturated carbocycles. The summed E-state index contributed by atoms with van der Waals surface area (Å²) in [6.45, 7) is 6.12. The zero-order valence-corrected chi connectivity index (χ0v) is 16.6. The highest BCUT2D eigenvalue weighted by molar-refractivity contribution is 5.75. The third kappa shape index (κ3) is 7.86. The molecular formula is C22H29NO4. The molecule has 0 spiro atoms.